The molecule has 142 valence electrons. The van der Waals surface area contributed by atoms with Gasteiger partial charge in [0.15, 0.2) is 5.65 Å². The van der Waals surface area contributed by atoms with E-state index in [1.165, 1.54) is 0 Å². The summed E-state index contributed by atoms with van der Waals surface area (Å²) in [5, 5.41) is 8.46. The quantitative estimate of drug-likeness (QED) is 0.635. The van der Waals surface area contributed by atoms with Gasteiger partial charge in [0.2, 0.25) is 5.91 Å². The van der Waals surface area contributed by atoms with Gasteiger partial charge in [-0.15, -0.1) is 0 Å². The van der Waals surface area contributed by atoms with Gasteiger partial charge in [0.25, 0.3) is 0 Å². The third kappa shape index (κ3) is 4.25. The summed E-state index contributed by atoms with van der Waals surface area (Å²) in [6, 6.07) is 9.43. The lowest BCUT2D eigenvalue weighted by Gasteiger charge is -2.14. The highest BCUT2D eigenvalue weighted by molar-refractivity contribution is 6.36. The molecule has 0 aliphatic rings. The molecule has 1 aromatic carbocycles. The zero-order valence-corrected chi connectivity index (χ0v) is 17.1. The summed E-state index contributed by atoms with van der Waals surface area (Å²) < 4.78 is 1.82. The Labute approximate surface area is 168 Å². The number of aryl methyl sites for hydroxylation is 1. The lowest BCUT2D eigenvalue weighted by Crippen LogP contribution is -2.18. The fraction of sp³-hybridized carbons (Fsp3) is 0.350. The largest absolute Gasteiger partial charge is 0.359 e. The van der Waals surface area contributed by atoms with Crippen molar-refractivity contribution in [3.05, 3.63) is 51.8 Å². The van der Waals surface area contributed by atoms with Gasteiger partial charge in [-0.3, -0.25) is 4.79 Å². The van der Waals surface area contributed by atoms with Gasteiger partial charge in [-0.2, -0.15) is 5.10 Å². The van der Waals surface area contributed by atoms with E-state index < -0.39 is 0 Å². The number of aromatic nitrogens is 3. The van der Waals surface area contributed by atoms with Crippen LogP contribution in [0.2, 0.25) is 10.0 Å². The molecule has 0 bridgehead atoms. The van der Waals surface area contributed by atoms with Crippen molar-refractivity contribution in [1.29, 1.82) is 0 Å². The summed E-state index contributed by atoms with van der Waals surface area (Å²) in [4.78, 5) is 16.4. The second kappa shape index (κ2) is 8.28. The zero-order valence-electron chi connectivity index (χ0n) is 15.6. The Balaban J connectivity index is 2.10. The number of fused-ring (bicyclic) bond motifs is 1. The van der Waals surface area contributed by atoms with Crippen molar-refractivity contribution in [3.63, 3.8) is 0 Å². The van der Waals surface area contributed by atoms with Crippen LogP contribution in [-0.4, -0.2) is 27.6 Å². The number of hydrogen-bond donors (Lipinski definition) is 1. The fourth-order valence-electron chi connectivity index (χ4n) is 2.98. The minimum Gasteiger partial charge on any atom is -0.359 e. The minimum atomic E-state index is 0.0292. The topological polar surface area (TPSA) is 59.3 Å². The number of nitrogens with zero attached hydrogens (tertiary/aromatic N) is 3. The van der Waals surface area contributed by atoms with E-state index in [-0.39, 0.29) is 11.8 Å². The van der Waals surface area contributed by atoms with E-state index in [1.54, 1.807) is 13.1 Å². The van der Waals surface area contributed by atoms with Crippen LogP contribution in [0, 0.1) is 0 Å². The van der Waals surface area contributed by atoms with Crippen LogP contribution in [0.1, 0.15) is 44.0 Å². The van der Waals surface area contributed by atoms with Crippen molar-refractivity contribution in [3.8, 4) is 11.3 Å². The molecule has 1 atom stereocenters. The maximum absolute atomic E-state index is 11.6. The van der Waals surface area contributed by atoms with E-state index in [2.05, 4.69) is 24.3 Å². The first-order valence-corrected chi connectivity index (χ1v) is 9.74. The summed E-state index contributed by atoms with van der Waals surface area (Å²) in [7, 11) is 1.65. The Morgan fingerprint density at radius 3 is 2.70 bits per heavy atom. The van der Waals surface area contributed by atoms with E-state index in [4.69, 9.17) is 28.2 Å². The monoisotopic (exact) mass is 404 g/mol. The van der Waals surface area contributed by atoms with Crippen LogP contribution < -0.4 is 5.32 Å². The van der Waals surface area contributed by atoms with Gasteiger partial charge in [-0.1, -0.05) is 37.0 Å². The second-order valence-electron chi connectivity index (χ2n) is 6.56. The molecular weight excluding hydrogens is 383 g/mol. The summed E-state index contributed by atoms with van der Waals surface area (Å²) >= 11 is 12.5. The maximum Gasteiger partial charge on any atom is 0.219 e. The number of carbonyl (C=O) groups excluding carboxylic acids is 1. The van der Waals surface area contributed by atoms with Crippen molar-refractivity contribution in [2.24, 2.45) is 0 Å². The fourth-order valence-corrected chi connectivity index (χ4v) is 3.48. The van der Waals surface area contributed by atoms with E-state index in [0.29, 0.717) is 22.9 Å². The summed E-state index contributed by atoms with van der Waals surface area (Å²) in [6.07, 6.45) is 1.99. The molecule has 27 heavy (non-hydrogen) atoms. The molecule has 1 unspecified atom stereocenters. The van der Waals surface area contributed by atoms with Gasteiger partial charge in [0.05, 0.1) is 16.4 Å². The van der Waals surface area contributed by atoms with Gasteiger partial charge in [0, 0.05) is 35.8 Å². The smallest absolute Gasteiger partial charge is 0.219 e. The number of nitrogens with one attached hydrogen (secondary N) is 1. The molecule has 2 aromatic heterocycles. The Morgan fingerprint density at radius 1 is 1.26 bits per heavy atom. The molecule has 7 heteroatoms. The van der Waals surface area contributed by atoms with Crippen LogP contribution in [0.25, 0.3) is 16.9 Å². The van der Waals surface area contributed by atoms with Crippen molar-refractivity contribution in [2.45, 2.75) is 39.0 Å². The first-order valence-electron chi connectivity index (χ1n) is 8.98. The number of carbonyl (C=O) groups is 1. The summed E-state index contributed by atoms with van der Waals surface area (Å²) in [5.41, 5.74) is 4.36. The molecule has 1 N–H and O–H groups in total. The number of rotatable bonds is 6. The molecule has 3 rings (SSSR count). The average Bonchev–Trinajstić information content (AvgIpc) is 3.08. The van der Waals surface area contributed by atoms with Gasteiger partial charge in [0.1, 0.15) is 0 Å². The molecule has 3 aromatic rings. The van der Waals surface area contributed by atoms with E-state index in [1.807, 2.05) is 28.8 Å². The Kier molecular flexibility index (Phi) is 6.02. The molecule has 0 saturated heterocycles. The van der Waals surface area contributed by atoms with Gasteiger partial charge < -0.3 is 5.32 Å². The molecular formula is C20H22Cl2N4O. The zero-order chi connectivity index (χ0) is 19.6. The highest BCUT2D eigenvalue weighted by Gasteiger charge is 2.17. The Morgan fingerprint density at radius 2 is 2.04 bits per heavy atom. The first kappa shape index (κ1) is 19.6. The normalized spacial score (nSPS) is 12.3. The van der Waals surface area contributed by atoms with Crippen molar-refractivity contribution >= 4 is 34.8 Å². The maximum atomic E-state index is 11.6. The molecule has 0 fully saturated rings. The third-order valence-electron chi connectivity index (χ3n) is 4.66. The highest BCUT2D eigenvalue weighted by atomic mass is 35.5. The Bertz CT molecular complexity index is 984. The third-order valence-corrected chi connectivity index (χ3v) is 5.20. The number of amides is 1. The molecule has 0 aliphatic heterocycles. The standard InChI is InChI=1S/C20H22Cl2N4O/c1-4-14-10-19-24-17(12(2)5-8-20(27)23-3)11-18(26(19)25-14)15-7-6-13(21)9-16(15)22/h6-7,9-12H,4-5,8H2,1-3H3,(H,23,27). The average molecular weight is 405 g/mol. The first-order chi connectivity index (χ1) is 12.9. The van der Waals surface area contributed by atoms with Crippen LogP contribution in [-0.2, 0) is 11.2 Å². The van der Waals surface area contributed by atoms with Crippen LogP contribution in [0.3, 0.4) is 0 Å². The van der Waals surface area contributed by atoms with Crippen LogP contribution in [0.15, 0.2) is 30.3 Å². The van der Waals surface area contributed by atoms with Crippen LogP contribution >= 0.6 is 23.2 Å². The molecule has 0 spiro atoms. The van der Waals surface area contributed by atoms with Gasteiger partial charge in [-0.25, -0.2) is 9.50 Å². The van der Waals surface area contributed by atoms with Crippen molar-refractivity contribution in [1.82, 2.24) is 19.9 Å². The van der Waals surface area contributed by atoms with E-state index in [9.17, 15) is 4.79 Å². The van der Waals surface area contributed by atoms with Gasteiger partial charge >= 0.3 is 0 Å². The number of hydrogen-bond acceptors (Lipinski definition) is 3. The van der Waals surface area contributed by atoms with Gasteiger partial charge in [-0.05, 0) is 43.0 Å². The minimum absolute atomic E-state index is 0.0292. The van der Waals surface area contributed by atoms with Crippen LogP contribution in [0.5, 0.6) is 0 Å². The summed E-state index contributed by atoms with van der Waals surface area (Å²) in [6.45, 7) is 4.13. The molecule has 2 heterocycles. The molecule has 0 radical (unpaired) electrons. The summed E-state index contributed by atoms with van der Waals surface area (Å²) in [5.74, 6) is 0.152. The van der Waals surface area contributed by atoms with E-state index >= 15 is 0 Å². The lowest BCUT2D eigenvalue weighted by atomic mass is 9.99. The molecule has 1 amide bonds. The molecule has 5 nitrogen and oxygen atoms in total. The number of halogens is 2. The van der Waals surface area contributed by atoms with Crippen molar-refractivity contribution in [2.75, 3.05) is 7.05 Å². The predicted molar refractivity (Wildman–Crippen MR) is 110 cm³/mol. The SMILES string of the molecule is CCc1cc2nc(C(C)CCC(=O)NC)cc(-c3ccc(Cl)cc3Cl)n2n1. The predicted octanol–water partition coefficient (Wildman–Crippen LogP) is 4.90. The molecule has 0 saturated carbocycles. The van der Waals surface area contributed by atoms with E-state index in [0.717, 1.165) is 34.7 Å². The van der Waals surface area contributed by atoms with Crippen molar-refractivity contribution < 1.29 is 4.79 Å². The van der Waals surface area contributed by atoms with Crippen LogP contribution in [0.4, 0.5) is 0 Å². The highest BCUT2D eigenvalue weighted by Crippen LogP contribution is 2.32. The second-order valence-corrected chi connectivity index (χ2v) is 7.41. The lowest BCUT2D eigenvalue weighted by molar-refractivity contribution is -0.120. The number of benzene rings is 1. The molecule has 0 aliphatic carbocycles. The Hall–Kier alpha value is -2.11.